The van der Waals surface area contributed by atoms with Crippen LogP contribution in [0.15, 0.2) is 24.3 Å². The zero-order valence-electron chi connectivity index (χ0n) is 20.6. The Morgan fingerprint density at radius 3 is 2.12 bits per heavy atom. The standard InChI is InChI=1S/C25H42N4O3/c1-7-12-29(13-8-2)25(32)20-11-9-10-19(16-20)24(31)28-22(14-17(3)4)21(26)15-18(5)23(30)27-6/h9-11,16-18,21-22H,7-8,12-15,26H2,1-6H3,(H,27,30)(H,28,31)/t18-,21+,22+/m1/s1. The summed E-state index contributed by atoms with van der Waals surface area (Å²) in [6.07, 6.45) is 2.94. The summed E-state index contributed by atoms with van der Waals surface area (Å²) in [5.41, 5.74) is 7.36. The Morgan fingerprint density at radius 2 is 1.59 bits per heavy atom. The normalized spacial score (nSPS) is 13.9. The molecule has 0 bridgehead atoms. The van der Waals surface area contributed by atoms with Gasteiger partial charge in [0.1, 0.15) is 0 Å². The van der Waals surface area contributed by atoms with Gasteiger partial charge in [0.25, 0.3) is 11.8 Å². The zero-order chi connectivity index (χ0) is 24.3. The summed E-state index contributed by atoms with van der Waals surface area (Å²) in [5.74, 6) is -0.300. The zero-order valence-corrected chi connectivity index (χ0v) is 20.6. The van der Waals surface area contributed by atoms with Crippen LogP contribution in [0.3, 0.4) is 0 Å². The molecule has 0 aromatic heterocycles. The lowest BCUT2D eigenvalue weighted by Gasteiger charge is -2.28. The molecule has 3 atom stereocenters. The minimum absolute atomic E-state index is 0.0572. The SMILES string of the molecule is CCCN(CCC)C(=O)c1cccc(C(=O)N[C@@H](CC(C)C)[C@@H](N)C[C@@H](C)C(=O)NC)c1. The Bertz CT molecular complexity index is 744. The van der Waals surface area contributed by atoms with Crippen molar-refractivity contribution < 1.29 is 14.4 Å². The van der Waals surface area contributed by atoms with Crippen LogP contribution in [-0.4, -0.2) is 54.8 Å². The molecule has 0 spiro atoms. The second-order valence-corrected chi connectivity index (χ2v) is 9.00. The van der Waals surface area contributed by atoms with Crippen molar-refractivity contribution in [2.45, 2.75) is 72.4 Å². The molecule has 1 rings (SSSR count). The molecule has 7 nitrogen and oxygen atoms in total. The molecule has 0 aliphatic heterocycles. The first-order valence-electron chi connectivity index (χ1n) is 11.8. The Hall–Kier alpha value is -2.41. The molecule has 0 fully saturated rings. The fourth-order valence-electron chi connectivity index (χ4n) is 3.86. The van der Waals surface area contributed by atoms with Gasteiger partial charge in [-0.25, -0.2) is 0 Å². The summed E-state index contributed by atoms with van der Waals surface area (Å²) >= 11 is 0. The van der Waals surface area contributed by atoms with Crippen molar-refractivity contribution in [1.82, 2.24) is 15.5 Å². The minimum atomic E-state index is -0.358. The number of carbonyl (C=O) groups excluding carboxylic acids is 3. The third kappa shape index (κ3) is 8.61. The first-order valence-corrected chi connectivity index (χ1v) is 11.8. The topological polar surface area (TPSA) is 105 Å². The summed E-state index contributed by atoms with van der Waals surface area (Å²) in [4.78, 5) is 39.7. The third-order valence-corrected chi connectivity index (χ3v) is 5.52. The fourth-order valence-corrected chi connectivity index (χ4v) is 3.86. The molecule has 0 saturated carbocycles. The molecule has 32 heavy (non-hydrogen) atoms. The Labute approximate surface area is 193 Å². The average molecular weight is 447 g/mol. The van der Waals surface area contributed by atoms with Crippen LogP contribution in [0.2, 0.25) is 0 Å². The van der Waals surface area contributed by atoms with Gasteiger partial charge >= 0.3 is 0 Å². The van der Waals surface area contributed by atoms with Gasteiger partial charge in [-0.3, -0.25) is 14.4 Å². The van der Waals surface area contributed by atoms with Crippen molar-refractivity contribution in [1.29, 1.82) is 0 Å². The van der Waals surface area contributed by atoms with Crippen molar-refractivity contribution in [2.75, 3.05) is 20.1 Å². The Kier molecular flexibility index (Phi) is 12.0. The van der Waals surface area contributed by atoms with Crippen LogP contribution < -0.4 is 16.4 Å². The van der Waals surface area contributed by atoms with Gasteiger partial charge < -0.3 is 21.3 Å². The number of rotatable bonds is 13. The number of nitrogens with one attached hydrogen (secondary N) is 2. The van der Waals surface area contributed by atoms with E-state index in [2.05, 4.69) is 24.5 Å². The van der Waals surface area contributed by atoms with Gasteiger partial charge in [-0.1, -0.05) is 40.7 Å². The molecule has 3 amide bonds. The number of benzene rings is 1. The molecule has 0 saturated heterocycles. The van der Waals surface area contributed by atoms with Gasteiger partial charge in [-0.15, -0.1) is 0 Å². The van der Waals surface area contributed by atoms with Crippen molar-refractivity contribution in [3.63, 3.8) is 0 Å². The first kappa shape index (κ1) is 27.6. The van der Waals surface area contributed by atoms with Crippen LogP contribution in [0.1, 0.15) is 81.0 Å². The van der Waals surface area contributed by atoms with E-state index in [1.807, 2.05) is 25.7 Å². The van der Waals surface area contributed by atoms with Crippen LogP contribution in [0, 0.1) is 11.8 Å². The van der Waals surface area contributed by atoms with E-state index < -0.39 is 0 Å². The van der Waals surface area contributed by atoms with E-state index in [9.17, 15) is 14.4 Å². The van der Waals surface area contributed by atoms with E-state index >= 15 is 0 Å². The molecule has 0 radical (unpaired) electrons. The smallest absolute Gasteiger partial charge is 0.253 e. The van der Waals surface area contributed by atoms with Crippen molar-refractivity contribution in [3.8, 4) is 0 Å². The lowest BCUT2D eigenvalue weighted by molar-refractivity contribution is -0.124. The molecule has 4 N–H and O–H groups in total. The number of carbonyl (C=O) groups is 3. The highest BCUT2D eigenvalue weighted by molar-refractivity contribution is 5.99. The summed E-state index contributed by atoms with van der Waals surface area (Å²) < 4.78 is 0. The minimum Gasteiger partial charge on any atom is -0.359 e. The van der Waals surface area contributed by atoms with Gasteiger partial charge in [0, 0.05) is 49.3 Å². The molecule has 7 heteroatoms. The van der Waals surface area contributed by atoms with E-state index in [1.165, 1.54) is 0 Å². The molecule has 1 aromatic carbocycles. The molecule has 0 unspecified atom stereocenters. The van der Waals surface area contributed by atoms with Crippen LogP contribution >= 0.6 is 0 Å². The summed E-state index contributed by atoms with van der Waals surface area (Å²) in [6, 6.07) is 6.22. The molecular weight excluding hydrogens is 404 g/mol. The lowest BCUT2D eigenvalue weighted by atomic mass is 9.91. The second kappa shape index (κ2) is 13.9. The van der Waals surface area contributed by atoms with E-state index in [0.29, 0.717) is 43.0 Å². The van der Waals surface area contributed by atoms with Gasteiger partial charge in [-0.05, 0) is 49.8 Å². The quantitative estimate of drug-likeness (QED) is 0.433. The molecule has 0 aliphatic rings. The summed E-state index contributed by atoms with van der Waals surface area (Å²) in [7, 11) is 1.61. The molecule has 0 aliphatic carbocycles. The van der Waals surface area contributed by atoms with Crippen molar-refractivity contribution in [2.24, 2.45) is 17.6 Å². The Balaban J connectivity index is 2.99. The largest absolute Gasteiger partial charge is 0.359 e. The third-order valence-electron chi connectivity index (χ3n) is 5.52. The average Bonchev–Trinajstić information content (AvgIpc) is 2.76. The molecule has 180 valence electrons. The lowest BCUT2D eigenvalue weighted by Crippen LogP contribution is -2.49. The molecule has 1 aromatic rings. The maximum absolute atomic E-state index is 13.0. The van der Waals surface area contributed by atoms with Crippen molar-refractivity contribution in [3.05, 3.63) is 35.4 Å². The van der Waals surface area contributed by atoms with Crippen LogP contribution in [-0.2, 0) is 4.79 Å². The molecule has 0 heterocycles. The van der Waals surface area contributed by atoms with Gasteiger partial charge in [-0.2, -0.15) is 0 Å². The van der Waals surface area contributed by atoms with Gasteiger partial charge in [0.2, 0.25) is 5.91 Å². The van der Waals surface area contributed by atoms with E-state index in [0.717, 1.165) is 12.8 Å². The number of hydrogen-bond donors (Lipinski definition) is 3. The predicted molar refractivity (Wildman–Crippen MR) is 129 cm³/mol. The van der Waals surface area contributed by atoms with Gasteiger partial charge in [0.15, 0.2) is 0 Å². The summed E-state index contributed by atoms with van der Waals surface area (Å²) in [6.45, 7) is 11.5. The monoisotopic (exact) mass is 446 g/mol. The second-order valence-electron chi connectivity index (χ2n) is 9.00. The highest BCUT2D eigenvalue weighted by Gasteiger charge is 2.26. The fraction of sp³-hybridized carbons (Fsp3) is 0.640. The maximum atomic E-state index is 13.0. The predicted octanol–water partition coefficient (Wildman–Crippen LogP) is 3.19. The number of hydrogen-bond acceptors (Lipinski definition) is 4. The highest BCUT2D eigenvalue weighted by Crippen LogP contribution is 2.16. The number of nitrogens with two attached hydrogens (primary N) is 1. The van der Waals surface area contributed by atoms with E-state index in [-0.39, 0.29) is 35.7 Å². The summed E-state index contributed by atoms with van der Waals surface area (Å²) in [5, 5.41) is 5.69. The maximum Gasteiger partial charge on any atom is 0.253 e. The van der Waals surface area contributed by atoms with Crippen molar-refractivity contribution >= 4 is 17.7 Å². The number of amides is 3. The molecular formula is C25H42N4O3. The van der Waals surface area contributed by atoms with Gasteiger partial charge in [0.05, 0.1) is 0 Å². The number of nitrogens with zero attached hydrogens (tertiary/aromatic N) is 1. The van der Waals surface area contributed by atoms with E-state index in [4.69, 9.17) is 5.73 Å². The Morgan fingerprint density at radius 1 is 1.00 bits per heavy atom. The van der Waals surface area contributed by atoms with Crippen LogP contribution in [0.4, 0.5) is 0 Å². The van der Waals surface area contributed by atoms with E-state index in [1.54, 1.807) is 31.3 Å². The van der Waals surface area contributed by atoms with Crippen LogP contribution in [0.25, 0.3) is 0 Å². The highest BCUT2D eigenvalue weighted by atomic mass is 16.2. The van der Waals surface area contributed by atoms with Crippen LogP contribution in [0.5, 0.6) is 0 Å². The first-order chi connectivity index (χ1) is 15.1.